The van der Waals surface area contributed by atoms with E-state index in [9.17, 15) is 4.79 Å². The van der Waals surface area contributed by atoms with Crippen LogP contribution >= 0.6 is 0 Å². The van der Waals surface area contributed by atoms with Gasteiger partial charge in [0, 0.05) is 30.7 Å². The largest absolute Gasteiger partial charge is 0.351 e. The van der Waals surface area contributed by atoms with Crippen molar-refractivity contribution in [3.05, 3.63) is 60.2 Å². The molecule has 0 fully saturated rings. The van der Waals surface area contributed by atoms with Crippen LogP contribution in [0, 0.1) is 0 Å². The molecular weight excluding hydrogens is 296 g/mol. The highest BCUT2D eigenvalue weighted by molar-refractivity contribution is 5.95. The van der Waals surface area contributed by atoms with Crippen molar-refractivity contribution in [3.63, 3.8) is 0 Å². The van der Waals surface area contributed by atoms with Gasteiger partial charge in [0.15, 0.2) is 0 Å². The lowest BCUT2D eigenvalue weighted by atomic mass is 10.0. The molecule has 2 aromatic carbocycles. The summed E-state index contributed by atoms with van der Waals surface area (Å²) in [5.74, 6) is -0.0137. The fraction of sp³-hybridized carbons (Fsp3) is 0.381. The molecule has 1 N–H and O–H groups in total. The van der Waals surface area contributed by atoms with Gasteiger partial charge >= 0.3 is 0 Å². The van der Waals surface area contributed by atoms with E-state index < -0.39 is 0 Å². The van der Waals surface area contributed by atoms with Crippen molar-refractivity contribution in [3.8, 4) is 11.1 Å². The third kappa shape index (κ3) is 4.93. The van der Waals surface area contributed by atoms with Crippen molar-refractivity contribution < 1.29 is 4.79 Å². The average Bonchev–Trinajstić information content (AvgIpc) is 2.58. The Bertz CT molecular complexity index is 642. The molecule has 0 heterocycles. The van der Waals surface area contributed by atoms with E-state index in [1.807, 2.05) is 42.5 Å². The molecule has 0 aliphatic carbocycles. The SMILES string of the molecule is CC(C)N(CCNC(=O)c1cccc(-c2ccccc2)c1)C(C)C. The predicted octanol–water partition coefficient (Wildman–Crippen LogP) is 4.20. The Labute approximate surface area is 145 Å². The van der Waals surface area contributed by atoms with Gasteiger partial charge in [-0.1, -0.05) is 42.5 Å². The van der Waals surface area contributed by atoms with E-state index in [4.69, 9.17) is 0 Å². The molecule has 0 aliphatic heterocycles. The van der Waals surface area contributed by atoms with Crippen LogP contribution < -0.4 is 5.32 Å². The van der Waals surface area contributed by atoms with Crippen molar-refractivity contribution in [1.82, 2.24) is 10.2 Å². The fourth-order valence-electron chi connectivity index (χ4n) is 2.98. The first-order chi connectivity index (χ1) is 11.5. The Morgan fingerprint density at radius 3 is 2.17 bits per heavy atom. The molecule has 2 rings (SSSR count). The Morgan fingerprint density at radius 2 is 1.54 bits per heavy atom. The quantitative estimate of drug-likeness (QED) is 0.828. The zero-order chi connectivity index (χ0) is 17.5. The van der Waals surface area contributed by atoms with Crippen LogP contribution in [0.25, 0.3) is 11.1 Å². The maximum absolute atomic E-state index is 12.4. The van der Waals surface area contributed by atoms with Crippen LogP contribution in [0.1, 0.15) is 38.1 Å². The van der Waals surface area contributed by atoms with Gasteiger partial charge in [-0.15, -0.1) is 0 Å². The molecule has 24 heavy (non-hydrogen) atoms. The number of carbonyl (C=O) groups excluding carboxylic acids is 1. The van der Waals surface area contributed by atoms with Gasteiger partial charge in [0.05, 0.1) is 0 Å². The molecule has 0 spiro atoms. The number of rotatable bonds is 7. The second-order valence-corrected chi connectivity index (χ2v) is 6.63. The Morgan fingerprint density at radius 1 is 0.917 bits per heavy atom. The van der Waals surface area contributed by atoms with E-state index in [1.54, 1.807) is 0 Å². The second-order valence-electron chi connectivity index (χ2n) is 6.63. The number of hydrogen-bond donors (Lipinski definition) is 1. The molecule has 0 unspecified atom stereocenters. The Balaban J connectivity index is 1.98. The summed E-state index contributed by atoms with van der Waals surface area (Å²) in [5, 5.41) is 3.04. The van der Waals surface area contributed by atoms with Crippen molar-refractivity contribution >= 4 is 5.91 Å². The van der Waals surface area contributed by atoms with E-state index in [0.29, 0.717) is 24.2 Å². The van der Waals surface area contributed by atoms with E-state index in [2.05, 4.69) is 50.0 Å². The summed E-state index contributed by atoms with van der Waals surface area (Å²) in [6.45, 7) is 10.3. The second kappa shape index (κ2) is 8.65. The molecule has 0 atom stereocenters. The highest BCUT2D eigenvalue weighted by Crippen LogP contribution is 2.19. The number of amides is 1. The first-order valence-electron chi connectivity index (χ1n) is 8.68. The van der Waals surface area contributed by atoms with Crippen LogP contribution in [0.3, 0.4) is 0 Å². The Kier molecular flexibility index (Phi) is 6.56. The topological polar surface area (TPSA) is 32.3 Å². The van der Waals surface area contributed by atoms with Gasteiger partial charge in [-0.05, 0) is 51.0 Å². The van der Waals surface area contributed by atoms with Gasteiger partial charge in [-0.2, -0.15) is 0 Å². The monoisotopic (exact) mass is 324 g/mol. The lowest BCUT2D eigenvalue weighted by Gasteiger charge is -2.30. The highest BCUT2D eigenvalue weighted by atomic mass is 16.1. The molecule has 0 saturated heterocycles. The lowest BCUT2D eigenvalue weighted by molar-refractivity contribution is 0.0939. The van der Waals surface area contributed by atoms with Crippen molar-refractivity contribution in [1.29, 1.82) is 0 Å². The summed E-state index contributed by atoms with van der Waals surface area (Å²) >= 11 is 0. The molecule has 2 aromatic rings. The fourth-order valence-corrected chi connectivity index (χ4v) is 2.98. The normalized spacial score (nSPS) is 11.3. The van der Waals surface area contributed by atoms with E-state index in [1.165, 1.54) is 0 Å². The smallest absolute Gasteiger partial charge is 0.251 e. The molecule has 0 radical (unpaired) electrons. The van der Waals surface area contributed by atoms with E-state index in [0.717, 1.165) is 17.7 Å². The van der Waals surface area contributed by atoms with Crippen LogP contribution in [-0.4, -0.2) is 36.0 Å². The summed E-state index contributed by atoms with van der Waals surface area (Å²) in [6, 6.07) is 18.9. The van der Waals surface area contributed by atoms with Crippen LogP contribution in [-0.2, 0) is 0 Å². The number of benzene rings is 2. The minimum Gasteiger partial charge on any atom is -0.351 e. The first-order valence-corrected chi connectivity index (χ1v) is 8.68. The molecule has 3 nitrogen and oxygen atoms in total. The minimum absolute atomic E-state index is 0.0137. The maximum Gasteiger partial charge on any atom is 0.251 e. The zero-order valence-corrected chi connectivity index (χ0v) is 15.1. The summed E-state index contributed by atoms with van der Waals surface area (Å²) in [7, 11) is 0. The van der Waals surface area contributed by atoms with Gasteiger partial charge in [-0.25, -0.2) is 0 Å². The molecule has 3 heteroatoms. The van der Waals surface area contributed by atoms with E-state index in [-0.39, 0.29) is 5.91 Å². The number of carbonyl (C=O) groups is 1. The third-order valence-corrected chi connectivity index (χ3v) is 4.21. The van der Waals surface area contributed by atoms with Gasteiger partial charge < -0.3 is 5.32 Å². The average molecular weight is 324 g/mol. The number of nitrogens with zero attached hydrogens (tertiary/aromatic N) is 1. The summed E-state index contributed by atoms with van der Waals surface area (Å²) in [6.07, 6.45) is 0. The molecule has 128 valence electrons. The lowest BCUT2D eigenvalue weighted by Crippen LogP contribution is -2.42. The Hall–Kier alpha value is -2.13. The number of nitrogens with one attached hydrogen (secondary N) is 1. The molecule has 1 amide bonds. The van der Waals surface area contributed by atoms with Gasteiger partial charge in [-0.3, -0.25) is 9.69 Å². The van der Waals surface area contributed by atoms with Gasteiger partial charge in [0.25, 0.3) is 5.91 Å². The summed E-state index contributed by atoms with van der Waals surface area (Å²) in [4.78, 5) is 14.8. The van der Waals surface area contributed by atoms with Crippen molar-refractivity contribution in [2.75, 3.05) is 13.1 Å². The maximum atomic E-state index is 12.4. The highest BCUT2D eigenvalue weighted by Gasteiger charge is 2.13. The standard InChI is InChI=1S/C21H28N2O/c1-16(2)23(17(3)4)14-13-22-21(24)20-12-8-11-19(15-20)18-9-6-5-7-10-18/h5-12,15-17H,13-14H2,1-4H3,(H,22,24). The summed E-state index contributed by atoms with van der Waals surface area (Å²) < 4.78 is 0. The summed E-state index contributed by atoms with van der Waals surface area (Å²) in [5.41, 5.74) is 2.89. The molecular formula is C21H28N2O. The van der Waals surface area contributed by atoms with Gasteiger partial charge in [0.1, 0.15) is 0 Å². The van der Waals surface area contributed by atoms with Crippen molar-refractivity contribution in [2.45, 2.75) is 39.8 Å². The zero-order valence-electron chi connectivity index (χ0n) is 15.1. The first kappa shape index (κ1) is 18.2. The van der Waals surface area contributed by atoms with Crippen LogP contribution in [0.4, 0.5) is 0 Å². The predicted molar refractivity (Wildman–Crippen MR) is 101 cm³/mol. The minimum atomic E-state index is -0.0137. The van der Waals surface area contributed by atoms with Crippen LogP contribution in [0.5, 0.6) is 0 Å². The van der Waals surface area contributed by atoms with Crippen LogP contribution in [0.2, 0.25) is 0 Å². The number of hydrogen-bond acceptors (Lipinski definition) is 2. The molecule has 0 bridgehead atoms. The molecule has 0 aromatic heterocycles. The third-order valence-electron chi connectivity index (χ3n) is 4.21. The van der Waals surface area contributed by atoms with E-state index >= 15 is 0 Å². The van der Waals surface area contributed by atoms with Crippen molar-refractivity contribution in [2.24, 2.45) is 0 Å². The molecule has 0 aliphatic rings. The van der Waals surface area contributed by atoms with Crippen LogP contribution in [0.15, 0.2) is 54.6 Å². The molecule has 0 saturated carbocycles. The van der Waals surface area contributed by atoms with Gasteiger partial charge in [0.2, 0.25) is 0 Å².